The maximum absolute atomic E-state index is 8.69. The van der Waals surface area contributed by atoms with Crippen molar-refractivity contribution < 1.29 is 5.21 Å². The van der Waals surface area contributed by atoms with Gasteiger partial charge in [0.25, 0.3) is 0 Å². The van der Waals surface area contributed by atoms with Gasteiger partial charge in [-0.2, -0.15) is 0 Å². The third kappa shape index (κ3) is 2.50. The molecule has 5 heteroatoms. The zero-order chi connectivity index (χ0) is 12.3. The predicted octanol–water partition coefficient (Wildman–Crippen LogP) is 2.25. The Hall–Kier alpha value is -1.75. The first-order valence-corrected chi connectivity index (χ1v) is 6.27. The summed E-state index contributed by atoms with van der Waals surface area (Å²) < 4.78 is 1.97. The molecular formula is C12H15N3OS. The highest BCUT2D eigenvalue weighted by molar-refractivity contribution is 7.11. The fourth-order valence-electron chi connectivity index (χ4n) is 1.70. The van der Waals surface area contributed by atoms with E-state index in [1.165, 1.54) is 9.75 Å². The summed E-state index contributed by atoms with van der Waals surface area (Å²) in [7, 11) is 0. The van der Waals surface area contributed by atoms with Gasteiger partial charge in [-0.05, 0) is 30.7 Å². The van der Waals surface area contributed by atoms with E-state index in [4.69, 9.17) is 10.9 Å². The van der Waals surface area contributed by atoms with E-state index in [0.29, 0.717) is 0 Å². The molecule has 0 atom stereocenters. The van der Waals surface area contributed by atoms with Gasteiger partial charge in [0.15, 0.2) is 5.84 Å². The van der Waals surface area contributed by atoms with Crippen LogP contribution in [0.15, 0.2) is 35.6 Å². The lowest BCUT2D eigenvalue weighted by Crippen LogP contribution is -2.18. The fourth-order valence-corrected chi connectivity index (χ4v) is 2.66. The number of rotatable bonds is 4. The van der Waals surface area contributed by atoms with Gasteiger partial charge in [-0.25, -0.2) is 0 Å². The van der Waals surface area contributed by atoms with Crippen LogP contribution in [0.2, 0.25) is 0 Å². The molecule has 0 saturated carbocycles. The second-order valence-electron chi connectivity index (χ2n) is 3.73. The van der Waals surface area contributed by atoms with Crippen molar-refractivity contribution in [2.75, 3.05) is 0 Å². The van der Waals surface area contributed by atoms with Gasteiger partial charge in [0.1, 0.15) is 0 Å². The van der Waals surface area contributed by atoms with E-state index < -0.39 is 0 Å². The molecule has 0 spiro atoms. The summed E-state index contributed by atoms with van der Waals surface area (Å²) >= 11 is 1.80. The summed E-state index contributed by atoms with van der Waals surface area (Å²) in [5.41, 5.74) is 6.34. The Kier molecular flexibility index (Phi) is 3.49. The van der Waals surface area contributed by atoms with Gasteiger partial charge < -0.3 is 15.5 Å². The minimum absolute atomic E-state index is 0.141. The van der Waals surface area contributed by atoms with Crippen molar-refractivity contribution in [2.45, 2.75) is 19.9 Å². The van der Waals surface area contributed by atoms with Gasteiger partial charge in [-0.15, -0.1) is 11.3 Å². The Morgan fingerprint density at radius 3 is 2.82 bits per heavy atom. The number of hydrogen-bond acceptors (Lipinski definition) is 3. The summed E-state index contributed by atoms with van der Waals surface area (Å²) in [5, 5.41) is 11.7. The molecule has 0 aliphatic heterocycles. The minimum Gasteiger partial charge on any atom is -0.409 e. The molecule has 0 radical (unpaired) electrons. The highest BCUT2D eigenvalue weighted by Gasteiger charge is 2.07. The zero-order valence-electron chi connectivity index (χ0n) is 9.63. The van der Waals surface area contributed by atoms with E-state index >= 15 is 0 Å². The molecule has 0 unspecified atom stereocenters. The smallest absolute Gasteiger partial charge is 0.186 e. The molecule has 0 aromatic carbocycles. The second kappa shape index (κ2) is 5.05. The van der Waals surface area contributed by atoms with Crippen LogP contribution < -0.4 is 5.73 Å². The first-order valence-electron chi connectivity index (χ1n) is 5.45. The molecule has 90 valence electrons. The lowest BCUT2D eigenvalue weighted by atomic mass is 10.3. The maximum Gasteiger partial charge on any atom is 0.186 e. The molecule has 0 aliphatic carbocycles. The molecule has 2 aromatic rings. The van der Waals surface area contributed by atoms with Gasteiger partial charge in [-0.3, -0.25) is 0 Å². The van der Waals surface area contributed by atoms with Crippen LogP contribution in [0.3, 0.4) is 0 Å². The number of oxime groups is 1. The van der Waals surface area contributed by atoms with Crippen molar-refractivity contribution in [2.24, 2.45) is 10.9 Å². The Morgan fingerprint density at radius 1 is 1.41 bits per heavy atom. The summed E-state index contributed by atoms with van der Waals surface area (Å²) in [6, 6.07) is 8.00. The number of aromatic nitrogens is 1. The largest absolute Gasteiger partial charge is 0.409 e. The van der Waals surface area contributed by atoms with Crippen LogP contribution in [0.25, 0.3) is 0 Å². The second-order valence-corrected chi connectivity index (χ2v) is 4.98. The summed E-state index contributed by atoms with van der Waals surface area (Å²) in [5.74, 6) is 0.141. The Bertz CT molecular complexity index is 527. The molecule has 0 amide bonds. The van der Waals surface area contributed by atoms with Crippen LogP contribution in [0.4, 0.5) is 0 Å². The van der Waals surface area contributed by atoms with Crippen LogP contribution in [-0.4, -0.2) is 15.6 Å². The number of nitrogens with zero attached hydrogens (tertiary/aromatic N) is 2. The number of hydrogen-bond donors (Lipinski definition) is 2. The number of amidine groups is 1. The van der Waals surface area contributed by atoms with Crippen molar-refractivity contribution in [1.82, 2.24) is 4.57 Å². The van der Waals surface area contributed by atoms with Crippen molar-refractivity contribution in [3.8, 4) is 0 Å². The first-order chi connectivity index (χ1) is 8.24. The van der Waals surface area contributed by atoms with Crippen LogP contribution in [0, 0.1) is 0 Å². The minimum atomic E-state index is 0.141. The predicted molar refractivity (Wildman–Crippen MR) is 69.7 cm³/mol. The molecule has 2 aromatic heterocycles. The molecule has 0 aliphatic rings. The molecule has 0 bridgehead atoms. The van der Waals surface area contributed by atoms with Crippen molar-refractivity contribution >= 4 is 17.2 Å². The average molecular weight is 249 g/mol. The van der Waals surface area contributed by atoms with Crippen LogP contribution in [-0.2, 0) is 13.0 Å². The monoisotopic (exact) mass is 249 g/mol. The fraction of sp³-hybridized carbons (Fsp3) is 0.250. The van der Waals surface area contributed by atoms with E-state index in [-0.39, 0.29) is 5.84 Å². The van der Waals surface area contributed by atoms with Gasteiger partial charge in [0.05, 0.1) is 12.2 Å². The molecule has 0 saturated heterocycles. The highest BCUT2D eigenvalue weighted by Crippen LogP contribution is 2.18. The quantitative estimate of drug-likeness (QED) is 0.378. The number of aryl methyl sites for hydroxylation is 1. The molecule has 3 N–H and O–H groups in total. The Balaban J connectivity index is 2.21. The normalized spacial score (nSPS) is 11.9. The molecule has 2 heterocycles. The van der Waals surface area contributed by atoms with Crippen molar-refractivity contribution in [3.05, 3.63) is 45.9 Å². The first kappa shape index (κ1) is 11.7. The molecule has 17 heavy (non-hydrogen) atoms. The van der Waals surface area contributed by atoms with Crippen molar-refractivity contribution in [3.63, 3.8) is 0 Å². The maximum atomic E-state index is 8.69. The average Bonchev–Trinajstić information content (AvgIpc) is 2.97. The summed E-state index contributed by atoms with van der Waals surface area (Å²) in [4.78, 5) is 2.64. The summed E-state index contributed by atoms with van der Waals surface area (Å²) in [6.07, 6.45) is 2.99. The van der Waals surface area contributed by atoms with Gasteiger partial charge in [-0.1, -0.05) is 12.1 Å². The zero-order valence-corrected chi connectivity index (χ0v) is 10.4. The van der Waals surface area contributed by atoms with E-state index in [0.717, 1.165) is 18.7 Å². The van der Waals surface area contributed by atoms with E-state index in [9.17, 15) is 0 Å². The lowest BCUT2D eigenvalue weighted by molar-refractivity contribution is 0.318. The molecule has 0 fully saturated rings. The number of thiophene rings is 1. The third-order valence-electron chi connectivity index (χ3n) is 2.59. The molecule has 4 nitrogen and oxygen atoms in total. The molecular weight excluding hydrogens is 234 g/mol. The Morgan fingerprint density at radius 2 is 2.18 bits per heavy atom. The van der Waals surface area contributed by atoms with Gasteiger partial charge >= 0.3 is 0 Å². The van der Waals surface area contributed by atoms with Crippen LogP contribution in [0.1, 0.15) is 22.4 Å². The standard InChI is InChI=1S/C12H15N3OS/c1-2-9-5-6-10(17-9)8-15-7-3-4-11(15)12(13)14-16/h3-7,16H,2,8H2,1H3,(H2,13,14). The lowest BCUT2D eigenvalue weighted by Gasteiger charge is -2.06. The highest BCUT2D eigenvalue weighted by atomic mass is 32.1. The van der Waals surface area contributed by atoms with E-state index in [1.54, 1.807) is 11.3 Å². The van der Waals surface area contributed by atoms with Crippen LogP contribution >= 0.6 is 11.3 Å². The van der Waals surface area contributed by atoms with Gasteiger partial charge in [0, 0.05) is 16.0 Å². The number of nitrogens with two attached hydrogens (primary N) is 1. The Labute approximate surface area is 104 Å². The van der Waals surface area contributed by atoms with Crippen LogP contribution in [0.5, 0.6) is 0 Å². The topological polar surface area (TPSA) is 63.5 Å². The van der Waals surface area contributed by atoms with Gasteiger partial charge in [0.2, 0.25) is 0 Å². The van der Waals surface area contributed by atoms with E-state index in [2.05, 4.69) is 24.2 Å². The third-order valence-corrected chi connectivity index (χ3v) is 3.81. The van der Waals surface area contributed by atoms with E-state index in [1.807, 2.05) is 22.9 Å². The summed E-state index contributed by atoms with van der Waals surface area (Å²) in [6.45, 7) is 2.90. The van der Waals surface area contributed by atoms with Crippen molar-refractivity contribution in [1.29, 1.82) is 0 Å². The SMILES string of the molecule is CCc1ccc(Cn2cccc2/C(N)=N/O)s1. The molecule has 2 rings (SSSR count).